The molecule has 0 saturated heterocycles. The average Bonchev–Trinajstić information content (AvgIpc) is 2.96. The Morgan fingerprint density at radius 1 is 1.12 bits per heavy atom. The summed E-state index contributed by atoms with van der Waals surface area (Å²) in [5.41, 5.74) is -0.842. The van der Waals surface area contributed by atoms with Crippen LogP contribution in [-0.4, -0.2) is 20.6 Å². The fourth-order valence-electron chi connectivity index (χ4n) is 3.10. The van der Waals surface area contributed by atoms with E-state index < -0.39 is 22.8 Å². The maximum absolute atomic E-state index is 14.9. The van der Waals surface area contributed by atoms with Crippen LogP contribution in [0.1, 0.15) is 30.7 Å². The van der Waals surface area contributed by atoms with Crippen LogP contribution in [0.5, 0.6) is 0 Å². The number of hydrogen-bond donors (Lipinski definition) is 0. The number of fused-ring (bicyclic) bond motifs is 2. The van der Waals surface area contributed by atoms with Crippen LogP contribution in [0.25, 0.3) is 5.65 Å². The van der Waals surface area contributed by atoms with E-state index in [2.05, 4.69) is 25.9 Å². The lowest BCUT2D eigenvalue weighted by Gasteiger charge is -2.37. The van der Waals surface area contributed by atoms with Crippen LogP contribution in [0.3, 0.4) is 0 Å². The van der Waals surface area contributed by atoms with Gasteiger partial charge in [0.05, 0.1) is 27.6 Å². The van der Waals surface area contributed by atoms with E-state index in [1.165, 1.54) is 26.0 Å². The summed E-state index contributed by atoms with van der Waals surface area (Å²) in [7, 11) is 0. The number of benzene rings is 1. The Morgan fingerprint density at radius 2 is 1.88 bits per heavy atom. The molecule has 3 nitrogen and oxygen atoms in total. The van der Waals surface area contributed by atoms with E-state index >= 15 is 0 Å². The fourth-order valence-corrected chi connectivity index (χ4v) is 3.55. The predicted octanol–water partition coefficient (Wildman–Crippen LogP) is 4.96. The molecule has 1 aromatic carbocycles. The van der Waals surface area contributed by atoms with E-state index in [0.717, 1.165) is 10.5 Å². The second kappa shape index (κ2) is 5.17. The van der Waals surface area contributed by atoms with Crippen LogP contribution in [0.2, 0.25) is 0 Å². The van der Waals surface area contributed by atoms with E-state index in [4.69, 9.17) is 0 Å². The molecule has 0 bridgehead atoms. The van der Waals surface area contributed by atoms with Crippen molar-refractivity contribution in [2.75, 3.05) is 0 Å². The van der Waals surface area contributed by atoms with Gasteiger partial charge in [0.1, 0.15) is 11.4 Å². The maximum Gasteiger partial charge on any atom is 0.300 e. The predicted molar refractivity (Wildman–Crippen MR) is 92.9 cm³/mol. The molecule has 0 atom stereocenters. The molecular weight excluding hydrogens is 395 g/mol. The Bertz CT molecular complexity index is 1040. The fraction of sp³-hybridized carbons (Fsp3) is 0.222. The highest BCUT2D eigenvalue weighted by atomic mass is 79.9. The minimum atomic E-state index is -3.42. The number of hydrogen-bond acceptors (Lipinski definition) is 2. The van der Waals surface area contributed by atoms with Gasteiger partial charge in [-0.1, -0.05) is 12.1 Å². The van der Waals surface area contributed by atoms with E-state index in [9.17, 15) is 13.2 Å². The molecule has 0 fully saturated rings. The lowest BCUT2D eigenvalue weighted by molar-refractivity contribution is -0.0710. The van der Waals surface area contributed by atoms with Crippen LogP contribution < -0.4 is 0 Å². The minimum absolute atomic E-state index is 0.0890. The molecule has 3 aromatic rings. The molecule has 0 N–H and O–H groups in total. The van der Waals surface area contributed by atoms with Crippen molar-refractivity contribution in [2.45, 2.75) is 25.3 Å². The van der Waals surface area contributed by atoms with Crippen molar-refractivity contribution in [1.29, 1.82) is 0 Å². The summed E-state index contributed by atoms with van der Waals surface area (Å²) in [6.45, 7) is 2.61. The van der Waals surface area contributed by atoms with Crippen LogP contribution in [0.4, 0.5) is 13.2 Å². The Balaban J connectivity index is 2.07. The van der Waals surface area contributed by atoms with E-state index in [1.54, 1.807) is 22.9 Å². The Hall–Kier alpha value is -2.15. The molecule has 2 aromatic heterocycles. The molecule has 1 aliphatic rings. The largest absolute Gasteiger partial charge is 0.300 e. The van der Waals surface area contributed by atoms with Crippen LogP contribution in [0.15, 0.2) is 52.2 Å². The topological polar surface area (TPSA) is 29.7 Å². The first kappa shape index (κ1) is 16.3. The van der Waals surface area contributed by atoms with Gasteiger partial charge in [0.25, 0.3) is 0 Å². The highest BCUT2D eigenvalue weighted by Gasteiger charge is 2.54. The number of aromatic nitrogens is 2. The molecule has 0 unspecified atom stereocenters. The molecule has 0 radical (unpaired) electrons. The number of rotatable bonds is 1. The smallest absolute Gasteiger partial charge is 0.297 e. The van der Waals surface area contributed by atoms with Crippen molar-refractivity contribution in [3.63, 3.8) is 0 Å². The summed E-state index contributed by atoms with van der Waals surface area (Å²) in [6.07, 6.45) is 3.33. The quantitative estimate of drug-likeness (QED) is 0.560. The lowest BCUT2D eigenvalue weighted by atomic mass is 9.82. The van der Waals surface area contributed by atoms with E-state index in [0.29, 0.717) is 17.1 Å². The third kappa shape index (κ3) is 2.18. The molecule has 0 amide bonds. The van der Waals surface area contributed by atoms with Crippen LogP contribution >= 0.6 is 15.9 Å². The summed E-state index contributed by atoms with van der Waals surface area (Å²) in [6, 6.07) is 7.57. The average molecular weight is 408 g/mol. The normalized spacial score (nSPS) is 18.1. The van der Waals surface area contributed by atoms with Gasteiger partial charge in [0, 0.05) is 11.8 Å². The molecule has 25 heavy (non-hydrogen) atoms. The Kier molecular flexibility index (Phi) is 3.38. The number of nitrogens with zero attached hydrogens (tertiary/aromatic N) is 3. The minimum Gasteiger partial charge on any atom is -0.297 e. The molecule has 128 valence electrons. The highest BCUT2D eigenvalue weighted by molar-refractivity contribution is 9.10. The molecule has 4 rings (SSSR count). The summed E-state index contributed by atoms with van der Waals surface area (Å²) < 4.78 is 46.6. The second-order valence-electron chi connectivity index (χ2n) is 6.45. The Labute approximate surface area is 150 Å². The number of pyridine rings is 1. The van der Waals surface area contributed by atoms with Gasteiger partial charge < -0.3 is 0 Å². The first-order valence-electron chi connectivity index (χ1n) is 7.63. The third-order valence-electron chi connectivity index (χ3n) is 4.47. The molecule has 3 heterocycles. The van der Waals surface area contributed by atoms with Crippen molar-refractivity contribution >= 4 is 27.3 Å². The van der Waals surface area contributed by atoms with Crippen molar-refractivity contribution in [3.8, 4) is 0 Å². The van der Waals surface area contributed by atoms with Crippen LogP contribution in [-0.2, 0) is 5.92 Å². The summed E-state index contributed by atoms with van der Waals surface area (Å²) >= 11 is 3.41. The van der Waals surface area contributed by atoms with E-state index in [-0.39, 0.29) is 5.56 Å². The van der Waals surface area contributed by atoms with Crippen LogP contribution in [0, 0.1) is 5.82 Å². The molecular formula is C18H13BrF3N3. The monoisotopic (exact) mass is 407 g/mol. The molecule has 0 spiro atoms. The number of halogens is 4. The zero-order valence-electron chi connectivity index (χ0n) is 13.4. The first-order chi connectivity index (χ1) is 11.7. The number of imidazole rings is 1. The number of aliphatic imine (C=N–C) groups is 1. The van der Waals surface area contributed by atoms with Gasteiger partial charge in [-0.3, -0.25) is 9.39 Å². The Morgan fingerprint density at radius 3 is 2.64 bits per heavy atom. The van der Waals surface area contributed by atoms with Gasteiger partial charge in [0.15, 0.2) is 5.65 Å². The van der Waals surface area contributed by atoms with Gasteiger partial charge in [-0.05, 0) is 48.0 Å². The number of alkyl halides is 2. The standard InChI is InChI=1S/C18H13BrF3N3/c1-17(2)18(21,22)14-10(5-3-7-12(14)20)15(24-17)13-9-23-16-11(19)6-4-8-25(13)16/h3-9H,1-2H3. The third-order valence-corrected chi connectivity index (χ3v) is 5.09. The summed E-state index contributed by atoms with van der Waals surface area (Å²) in [4.78, 5) is 8.62. The second-order valence-corrected chi connectivity index (χ2v) is 7.30. The van der Waals surface area contributed by atoms with Gasteiger partial charge >= 0.3 is 5.92 Å². The first-order valence-corrected chi connectivity index (χ1v) is 8.42. The SMILES string of the molecule is CC1(C)N=C(c2cnc3c(Br)cccn23)c2cccc(F)c2C1(F)F. The van der Waals surface area contributed by atoms with Crippen molar-refractivity contribution in [3.05, 3.63) is 69.8 Å². The molecule has 7 heteroatoms. The van der Waals surface area contributed by atoms with Crippen molar-refractivity contribution in [1.82, 2.24) is 9.38 Å². The van der Waals surface area contributed by atoms with E-state index in [1.807, 2.05) is 6.07 Å². The van der Waals surface area contributed by atoms with Crippen molar-refractivity contribution in [2.24, 2.45) is 4.99 Å². The zero-order valence-corrected chi connectivity index (χ0v) is 15.0. The molecule has 0 saturated carbocycles. The summed E-state index contributed by atoms with van der Waals surface area (Å²) in [5, 5.41) is 0. The molecule has 1 aliphatic heterocycles. The van der Waals surface area contributed by atoms with Gasteiger partial charge in [-0.25, -0.2) is 9.37 Å². The van der Waals surface area contributed by atoms with Gasteiger partial charge in [-0.2, -0.15) is 8.78 Å². The lowest BCUT2D eigenvalue weighted by Crippen LogP contribution is -2.45. The zero-order chi connectivity index (χ0) is 18.0. The summed E-state index contributed by atoms with van der Waals surface area (Å²) in [5.74, 6) is -4.35. The molecule has 0 aliphatic carbocycles. The van der Waals surface area contributed by atoms with Crippen molar-refractivity contribution < 1.29 is 13.2 Å². The van der Waals surface area contributed by atoms with Gasteiger partial charge in [-0.15, -0.1) is 0 Å². The highest BCUT2D eigenvalue weighted by Crippen LogP contribution is 2.47. The maximum atomic E-state index is 14.9. The van der Waals surface area contributed by atoms with Gasteiger partial charge in [0.2, 0.25) is 0 Å².